The molecule has 0 aliphatic carbocycles. The molecule has 1 N–H and O–H groups in total. The van der Waals surface area contributed by atoms with Crippen molar-refractivity contribution in [1.29, 1.82) is 0 Å². The predicted molar refractivity (Wildman–Crippen MR) is 46.7 cm³/mol. The molecule has 0 fully saturated rings. The quantitative estimate of drug-likeness (QED) is 0.739. The molecule has 1 aromatic rings. The Labute approximate surface area is 80.1 Å². The lowest BCUT2D eigenvalue weighted by Crippen LogP contribution is -2.27. The van der Waals surface area contributed by atoms with Gasteiger partial charge in [0, 0.05) is 6.07 Å². The van der Waals surface area contributed by atoms with Gasteiger partial charge in [-0.1, -0.05) is 6.07 Å². The Balaban J connectivity index is 2.27. The second-order valence-corrected chi connectivity index (χ2v) is 3.30. The molecule has 0 spiro atoms. The molecule has 0 bridgehead atoms. The van der Waals surface area contributed by atoms with Crippen LogP contribution in [0.3, 0.4) is 0 Å². The first-order valence-electron chi connectivity index (χ1n) is 4.31. The van der Waals surface area contributed by atoms with E-state index in [1.807, 2.05) is 0 Å². The first-order valence-corrected chi connectivity index (χ1v) is 4.31. The van der Waals surface area contributed by atoms with Gasteiger partial charge >= 0.3 is 5.97 Å². The van der Waals surface area contributed by atoms with Gasteiger partial charge in [-0.3, -0.25) is 4.79 Å². The topological polar surface area (TPSA) is 46.5 Å². The van der Waals surface area contributed by atoms with Crippen molar-refractivity contribution >= 4 is 5.97 Å². The van der Waals surface area contributed by atoms with E-state index in [0.29, 0.717) is 12.2 Å². The molecule has 4 heteroatoms. The molecule has 0 radical (unpaired) electrons. The Morgan fingerprint density at radius 1 is 1.57 bits per heavy atom. The molecular weight excluding hydrogens is 187 g/mol. The third-order valence-electron chi connectivity index (χ3n) is 2.28. The van der Waals surface area contributed by atoms with Gasteiger partial charge in [0.15, 0.2) is 0 Å². The number of ether oxygens (including phenoxy) is 1. The van der Waals surface area contributed by atoms with Crippen LogP contribution in [0.25, 0.3) is 0 Å². The minimum Gasteiger partial charge on any atom is -0.492 e. The number of carboxylic acid groups (broad SMARTS) is 1. The predicted octanol–water partition coefficient (Wildman–Crippen LogP) is 1.46. The molecule has 14 heavy (non-hydrogen) atoms. The zero-order valence-corrected chi connectivity index (χ0v) is 7.37. The maximum atomic E-state index is 12.8. The average Bonchev–Trinajstić information content (AvgIpc) is 2.16. The van der Waals surface area contributed by atoms with Crippen molar-refractivity contribution in [2.75, 3.05) is 6.61 Å². The van der Waals surface area contributed by atoms with E-state index in [4.69, 9.17) is 9.84 Å². The molecule has 74 valence electrons. The molecule has 2 rings (SSSR count). The minimum absolute atomic E-state index is 0.117. The van der Waals surface area contributed by atoms with Crippen LogP contribution >= 0.6 is 0 Å². The molecule has 0 amide bonds. The summed E-state index contributed by atoms with van der Waals surface area (Å²) in [6.45, 7) is 0.117. The van der Waals surface area contributed by atoms with E-state index in [1.165, 1.54) is 12.1 Å². The third-order valence-corrected chi connectivity index (χ3v) is 2.28. The summed E-state index contributed by atoms with van der Waals surface area (Å²) in [7, 11) is 0. The molecule has 1 aromatic carbocycles. The first kappa shape index (κ1) is 8.99. The summed E-state index contributed by atoms with van der Waals surface area (Å²) < 4.78 is 17.9. The largest absolute Gasteiger partial charge is 0.492 e. The molecule has 1 atom stereocenters. The van der Waals surface area contributed by atoms with Gasteiger partial charge in [0.05, 0.1) is 5.92 Å². The summed E-state index contributed by atoms with van der Waals surface area (Å²) in [6, 6.07) is 4.17. The van der Waals surface area contributed by atoms with E-state index < -0.39 is 11.9 Å². The summed E-state index contributed by atoms with van der Waals surface area (Å²) >= 11 is 0. The van der Waals surface area contributed by atoms with Crippen LogP contribution in [0.5, 0.6) is 5.75 Å². The van der Waals surface area contributed by atoms with Crippen LogP contribution in [-0.2, 0) is 11.2 Å². The highest BCUT2D eigenvalue weighted by molar-refractivity contribution is 5.71. The number of aliphatic carboxylic acids is 1. The number of carboxylic acids is 1. The minimum atomic E-state index is -0.875. The molecule has 1 heterocycles. The molecule has 3 nitrogen and oxygen atoms in total. The van der Waals surface area contributed by atoms with Crippen molar-refractivity contribution in [3.63, 3.8) is 0 Å². The Bertz CT molecular complexity index is 376. The highest BCUT2D eigenvalue weighted by Crippen LogP contribution is 2.27. The summed E-state index contributed by atoms with van der Waals surface area (Å²) in [5, 5.41) is 8.76. The van der Waals surface area contributed by atoms with E-state index in [2.05, 4.69) is 0 Å². The fourth-order valence-electron chi connectivity index (χ4n) is 1.50. The second-order valence-electron chi connectivity index (χ2n) is 3.30. The number of carbonyl (C=O) groups is 1. The Morgan fingerprint density at radius 2 is 2.36 bits per heavy atom. The lowest BCUT2D eigenvalue weighted by molar-refractivity contribution is -0.143. The highest BCUT2D eigenvalue weighted by Gasteiger charge is 2.25. The van der Waals surface area contributed by atoms with Gasteiger partial charge in [-0.25, -0.2) is 4.39 Å². The molecular formula is C10H9FO3. The molecule has 0 saturated carbocycles. The number of rotatable bonds is 1. The normalized spacial score (nSPS) is 19.6. The number of fused-ring (bicyclic) bond motifs is 1. The smallest absolute Gasteiger partial charge is 0.310 e. The van der Waals surface area contributed by atoms with Crippen molar-refractivity contribution in [1.82, 2.24) is 0 Å². The van der Waals surface area contributed by atoms with E-state index in [0.717, 1.165) is 5.56 Å². The van der Waals surface area contributed by atoms with Crippen molar-refractivity contribution in [2.45, 2.75) is 6.42 Å². The molecule has 0 saturated heterocycles. The van der Waals surface area contributed by atoms with Gasteiger partial charge < -0.3 is 9.84 Å². The van der Waals surface area contributed by atoms with Crippen molar-refractivity contribution in [3.05, 3.63) is 29.6 Å². The maximum Gasteiger partial charge on any atom is 0.310 e. The van der Waals surface area contributed by atoms with Crippen molar-refractivity contribution < 1.29 is 19.0 Å². The van der Waals surface area contributed by atoms with E-state index >= 15 is 0 Å². The Hall–Kier alpha value is -1.58. The van der Waals surface area contributed by atoms with Gasteiger partial charge in [-0.15, -0.1) is 0 Å². The lowest BCUT2D eigenvalue weighted by Gasteiger charge is -2.22. The zero-order chi connectivity index (χ0) is 10.1. The molecule has 1 aliphatic heterocycles. The van der Waals surface area contributed by atoms with Gasteiger partial charge in [-0.2, -0.15) is 0 Å². The fraction of sp³-hybridized carbons (Fsp3) is 0.300. The molecule has 1 aliphatic rings. The van der Waals surface area contributed by atoms with Crippen molar-refractivity contribution in [2.24, 2.45) is 5.92 Å². The lowest BCUT2D eigenvalue weighted by atomic mass is 9.97. The number of hydrogen-bond donors (Lipinski definition) is 1. The second kappa shape index (κ2) is 3.29. The van der Waals surface area contributed by atoms with Crippen LogP contribution in [-0.4, -0.2) is 17.7 Å². The number of benzene rings is 1. The van der Waals surface area contributed by atoms with Crippen LogP contribution in [0.15, 0.2) is 18.2 Å². The number of hydrogen-bond acceptors (Lipinski definition) is 2. The van der Waals surface area contributed by atoms with E-state index in [9.17, 15) is 9.18 Å². The summed E-state index contributed by atoms with van der Waals surface area (Å²) in [5.41, 5.74) is 0.755. The van der Waals surface area contributed by atoms with Gasteiger partial charge in [0.2, 0.25) is 0 Å². The fourth-order valence-corrected chi connectivity index (χ4v) is 1.50. The van der Waals surface area contributed by atoms with Gasteiger partial charge in [0.25, 0.3) is 0 Å². The average molecular weight is 196 g/mol. The van der Waals surface area contributed by atoms with E-state index in [1.54, 1.807) is 6.07 Å². The van der Waals surface area contributed by atoms with Crippen LogP contribution in [0.2, 0.25) is 0 Å². The van der Waals surface area contributed by atoms with Crippen molar-refractivity contribution in [3.8, 4) is 5.75 Å². The standard InChI is InChI=1S/C10H9FO3/c11-8-2-1-6-3-7(10(12)13)5-14-9(6)4-8/h1-2,4,7H,3,5H2,(H,12,13)/t7-/m0/s1. The molecule has 0 aromatic heterocycles. The summed E-state index contributed by atoms with van der Waals surface area (Å²) in [5.74, 6) is -1.30. The van der Waals surface area contributed by atoms with Crippen LogP contribution in [0, 0.1) is 11.7 Å². The third kappa shape index (κ3) is 1.55. The zero-order valence-electron chi connectivity index (χ0n) is 7.37. The highest BCUT2D eigenvalue weighted by atomic mass is 19.1. The number of halogens is 1. The monoisotopic (exact) mass is 196 g/mol. The summed E-state index contributed by atoms with van der Waals surface area (Å²) in [4.78, 5) is 10.7. The van der Waals surface area contributed by atoms with E-state index in [-0.39, 0.29) is 12.4 Å². The maximum absolute atomic E-state index is 12.8. The van der Waals surface area contributed by atoms with Gasteiger partial charge in [-0.05, 0) is 18.1 Å². The first-order chi connectivity index (χ1) is 6.66. The Kier molecular flexibility index (Phi) is 2.11. The van der Waals surface area contributed by atoms with Crippen LogP contribution in [0.4, 0.5) is 4.39 Å². The summed E-state index contributed by atoms with van der Waals surface area (Å²) in [6.07, 6.45) is 0.408. The van der Waals surface area contributed by atoms with Gasteiger partial charge in [0.1, 0.15) is 18.2 Å². The SMILES string of the molecule is O=C(O)[C@@H]1COc2cc(F)ccc2C1. The van der Waals surface area contributed by atoms with Crippen LogP contribution < -0.4 is 4.74 Å². The molecule has 0 unspecified atom stereocenters. The van der Waals surface area contributed by atoms with Crippen LogP contribution in [0.1, 0.15) is 5.56 Å². The Morgan fingerprint density at radius 3 is 3.07 bits per heavy atom.